The fourth-order valence-electron chi connectivity index (χ4n) is 3.00. The number of rotatable bonds is 1. The van der Waals surface area contributed by atoms with Crippen molar-refractivity contribution in [1.29, 1.82) is 0 Å². The molecule has 0 unspecified atom stereocenters. The maximum Gasteiger partial charge on any atom is 0.256 e. The third kappa shape index (κ3) is 1.81. The lowest BCUT2D eigenvalue weighted by molar-refractivity contribution is 0.0778. The Bertz CT molecular complexity index is 477. The average Bonchev–Trinajstić information content (AvgIpc) is 2.92. The number of nitrogens with one attached hydrogen (secondary N) is 1. The molecule has 0 aliphatic carbocycles. The molecule has 0 saturated carbocycles. The van der Waals surface area contributed by atoms with E-state index in [1.165, 1.54) is 0 Å². The molecular weight excluding hydrogens is 231 g/mol. The molecule has 18 heavy (non-hydrogen) atoms. The summed E-state index contributed by atoms with van der Waals surface area (Å²) in [5.74, 6) is -0.0123. The lowest BCUT2D eigenvalue weighted by Crippen LogP contribution is -2.34. The molecule has 1 amide bonds. The quantitative estimate of drug-likeness (QED) is 0.818. The minimum Gasteiger partial charge on any atom is -0.337 e. The first-order valence-electron chi connectivity index (χ1n) is 6.44. The Kier molecular flexibility index (Phi) is 2.82. The summed E-state index contributed by atoms with van der Waals surface area (Å²) in [4.78, 5) is 14.1. The number of halogens is 1. The summed E-state index contributed by atoms with van der Waals surface area (Å²) in [6.07, 6.45) is 1.12. The number of aryl methyl sites for hydroxylation is 1. The average molecular weight is 248 g/mol. The molecule has 0 radical (unpaired) electrons. The van der Waals surface area contributed by atoms with Gasteiger partial charge in [-0.15, -0.1) is 0 Å². The Morgan fingerprint density at radius 1 is 1.44 bits per heavy atom. The first-order chi connectivity index (χ1) is 8.66. The molecule has 2 saturated heterocycles. The zero-order chi connectivity index (χ0) is 12.7. The third-order valence-electron chi connectivity index (χ3n) is 4.07. The second-order valence-electron chi connectivity index (χ2n) is 5.26. The van der Waals surface area contributed by atoms with E-state index in [2.05, 4.69) is 5.32 Å². The summed E-state index contributed by atoms with van der Waals surface area (Å²) < 4.78 is 13.9. The highest BCUT2D eigenvalue weighted by atomic mass is 19.1. The standard InChI is InChI=1S/C14H17FN2O/c1-9-3-2-4-11(13(9)15)14(18)17-7-10-5-6-16-12(10)8-17/h2-4,10,12,16H,5-8H2,1H3/t10-,12+/m0/s1. The van der Waals surface area contributed by atoms with Crippen molar-refractivity contribution in [3.05, 3.63) is 35.1 Å². The summed E-state index contributed by atoms with van der Waals surface area (Å²) >= 11 is 0. The van der Waals surface area contributed by atoms with E-state index in [4.69, 9.17) is 0 Å². The Morgan fingerprint density at radius 2 is 2.28 bits per heavy atom. The van der Waals surface area contributed by atoms with E-state index in [9.17, 15) is 9.18 Å². The van der Waals surface area contributed by atoms with Crippen molar-refractivity contribution in [2.75, 3.05) is 19.6 Å². The SMILES string of the molecule is Cc1cccc(C(=O)N2C[C@@H]3CCN[C@@H]3C2)c1F. The first-order valence-corrected chi connectivity index (χ1v) is 6.44. The number of fused-ring (bicyclic) bond motifs is 1. The van der Waals surface area contributed by atoms with Crippen LogP contribution in [0.3, 0.4) is 0 Å². The van der Waals surface area contributed by atoms with Crippen LogP contribution < -0.4 is 5.32 Å². The lowest BCUT2D eigenvalue weighted by Gasteiger charge is -2.18. The number of hydrogen-bond acceptors (Lipinski definition) is 2. The van der Waals surface area contributed by atoms with E-state index in [0.29, 0.717) is 24.1 Å². The predicted molar refractivity (Wildman–Crippen MR) is 66.9 cm³/mol. The highest BCUT2D eigenvalue weighted by Gasteiger charge is 2.38. The molecule has 3 nitrogen and oxygen atoms in total. The van der Waals surface area contributed by atoms with Crippen molar-refractivity contribution in [2.24, 2.45) is 5.92 Å². The zero-order valence-electron chi connectivity index (χ0n) is 10.4. The van der Waals surface area contributed by atoms with Gasteiger partial charge < -0.3 is 10.2 Å². The van der Waals surface area contributed by atoms with Crippen molar-refractivity contribution in [3.8, 4) is 0 Å². The molecule has 2 atom stereocenters. The van der Waals surface area contributed by atoms with Crippen LogP contribution in [0.2, 0.25) is 0 Å². The molecule has 2 aliphatic rings. The fraction of sp³-hybridized carbons (Fsp3) is 0.500. The summed E-state index contributed by atoms with van der Waals surface area (Å²) in [6.45, 7) is 4.18. The summed E-state index contributed by atoms with van der Waals surface area (Å²) in [5.41, 5.74) is 0.730. The van der Waals surface area contributed by atoms with Gasteiger partial charge in [-0.05, 0) is 37.4 Å². The Labute approximate surface area is 106 Å². The molecule has 2 aliphatic heterocycles. The highest BCUT2D eigenvalue weighted by Crippen LogP contribution is 2.26. The van der Waals surface area contributed by atoms with Gasteiger partial charge in [0.05, 0.1) is 5.56 Å². The topological polar surface area (TPSA) is 32.3 Å². The Balaban J connectivity index is 1.81. The third-order valence-corrected chi connectivity index (χ3v) is 4.07. The van der Waals surface area contributed by atoms with Gasteiger partial charge >= 0.3 is 0 Å². The number of nitrogens with zero attached hydrogens (tertiary/aromatic N) is 1. The number of benzene rings is 1. The second-order valence-corrected chi connectivity index (χ2v) is 5.26. The van der Waals surface area contributed by atoms with Gasteiger partial charge in [0.15, 0.2) is 0 Å². The maximum absolute atomic E-state index is 13.9. The van der Waals surface area contributed by atoms with E-state index in [-0.39, 0.29) is 17.3 Å². The summed E-state index contributed by atoms with van der Waals surface area (Å²) in [7, 11) is 0. The summed E-state index contributed by atoms with van der Waals surface area (Å²) in [6, 6.07) is 5.40. The molecule has 0 bridgehead atoms. The second kappa shape index (κ2) is 4.35. The zero-order valence-corrected chi connectivity index (χ0v) is 10.4. The molecule has 96 valence electrons. The van der Waals surface area contributed by atoms with Crippen LogP contribution in [0.15, 0.2) is 18.2 Å². The molecule has 3 rings (SSSR count). The van der Waals surface area contributed by atoms with E-state index < -0.39 is 0 Å². The van der Waals surface area contributed by atoms with Crippen LogP contribution in [0.5, 0.6) is 0 Å². The van der Waals surface area contributed by atoms with Gasteiger partial charge in [0.2, 0.25) is 0 Å². The minimum atomic E-state index is -0.382. The number of likely N-dealkylation sites (tertiary alicyclic amines) is 1. The fourth-order valence-corrected chi connectivity index (χ4v) is 3.00. The number of carbonyl (C=O) groups is 1. The van der Waals surface area contributed by atoms with Crippen LogP contribution in [0.25, 0.3) is 0 Å². The molecule has 0 aromatic heterocycles. The molecule has 1 aromatic rings. The van der Waals surface area contributed by atoms with E-state index in [1.807, 2.05) is 0 Å². The van der Waals surface area contributed by atoms with Crippen molar-refractivity contribution in [2.45, 2.75) is 19.4 Å². The van der Waals surface area contributed by atoms with Gasteiger partial charge in [-0.25, -0.2) is 4.39 Å². The van der Waals surface area contributed by atoms with Crippen molar-refractivity contribution < 1.29 is 9.18 Å². The van der Waals surface area contributed by atoms with Gasteiger partial charge in [0, 0.05) is 19.1 Å². The predicted octanol–water partition coefficient (Wildman–Crippen LogP) is 1.57. The Morgan fingerprint density at radius 3 is 3.06 bits per heavy atom. The number of carbonyl (C=O) groups excluding carboxylic acids is 1. The van der Waals surface area contributed by atoms with Crippen molar-refractivity contribution >= 4 is 5.91 Å². The normalized spacial score (nSPS) is 26.4. The van der Waals surface area contributed by atoms with Crippen molar-refractivity contribution in [3.63, 3.8) is 0 Å². The number of amides is 1. The lowest BCUT2D eigenvalue weighted by atomic mass is 10.1. The molecule has 2 heterocycles. The van der Waals surface area contributed by atoms with Crippen LogP contribution >= 0.6 is 0 Å². The van der Waals surface area contributed by atoms with Crippen LogP contribution in [-0.2, 0) is 0 Å². The molecule has 1 aromatic carbocycles. The van der Waals surface area contributed by atoms with Gasteiger partial charge in [0.25, 0.3) is 5.91 Å². The van der Waals surface area contributed by atoms with E-state index >= 15 is 0 Å². The smallest absolute Gasteiger partial charge is 0.256 e. The van der Waals surface area contributed by atoms with E-state index in [1.54, 1.807) is 30.0 Å². The monoisotopic (exact) mass is 248 g/mol. The molecule has 2 fully saturated rings. The highest BCUT2D eigenvalue weighted by molar-refractivity contribution is 5.95. The number of hydrogen-bond donors (Lipinski definition) is 1. The van der Waals surface area contributed by atoms with E-state index in [0.717, 1.165) is 19.5 Å². The molecular formula is C14H17FN2O. The van der Waals surface area contributed by atoms with Gasteiger partial charge in [-0.2, -0.15) is 0 Å². The minimum absolute atomic E-state index is 0.174. The summed E-state index contributed by atoms with van der Waals surface area (Å²) in [5, 5.41) is 3.39. The molecule has 0 spiro atoms. The van der Waals surface area contributed by atoms with Gasteiger partial charge in [-0.3, -0.25) is 4.79 Å². The van der Waals surface area contributed by atoms with Gasteiger partial charge in [0.1, 0.15) is 5.82 Å². The van der Waals surface area contributed by atoms with Crippen molar-refractivity contribution in [1.82, 2.24) is 10.2 Å². The van der Waals surface area contributed by atoms with Crippen LogP contribution in [-0.4, -0.2) is 36.5 Å². The maximum atomic E-state index is 13.9. The van der Waals surface area contributed by atoms with Gasteiger partial charge in [-0.1, -0.05) is 12.1 Å². The van der Waals surface area contributed by atoms with Crippen LogP contribution in [0, 0.1) is 18.7 Å². The first kappa shape index (κ1) is 11.7. The largest absolute Gasteiger partial charge is 0.337 e. The molecule has 4 heteroatoms. The molecule has 1 N–H and O–H groups in total. The Hall–Kier alpha value is -1.42. The van der Waals surface area contributed by atoms with Crippen LogP contribution in [0.1, 0.15) is 22.3 Å². The van der Waals surface area contributed by atoms with Crippen LogP contribution in [0.4, 0.5) is 4.39 Å².